The molecule has 0 aliphatic heterocycles. The van der Waals surface area contributed by atoms with E-state index in [0.717, 1.165) is 37.3 Å². The molecular formula is C17H25N3O. The second-order valence-corrected chi connectivity index (χ2v) is 6.55. The molecule has 2 rings (SSSR count). The van der Waals surface area contributed by atoms with Crippen LogP contribution in [0.5, 0.6) is 0 Å². The van der Waals surface area contributed by atoms with Crippen LogP contribution >= 0.6 is 0 Å². The maximum absolute atomic E-state index is 5.24. The fourth-order valence-electron chi connectivity index (χ4n) is 2.02. The SMILES string of the molecule is CCc1noc(-c2ccc(CCNCC(C)(C)C)cc2)n1. The monoisotopic (exact) mass is 287 g/mol. The lowest BCUT2D eigenvalue weighted by atomic mass is 9.97. The van der Waals surface area contributed by atoms with Crippen LogP contribution in [0.15, 0.2) is 28.8 Å². The lowest BCUT2D eigenvalue weighted by molar-refractivity contribution is 0.381. The van der Waals surface area contributed by atoms with Gasteiger partial charge in [-0.1, -0.05) is 45.0 Å². The van der Waals surface area contributed by atoms with Gasteiger partial charge in [0.2, 0.25) is 0 Å². The highest BCUT2D eigenvalue weighted by Gasteiger charge is 2.09. The molecule has 114 valence electrons. The summed E-state index contributed by atoms with van der Waals surface area (Å²) in [4.78, 5) is 4.34. The van der Waals surface area contributed by atoms with E-state index in [1.54, 1.807) is 0 Å². The number of benzene rings is 1. The van der Waals surface area contributed by atoms with Gasteiger partial charge >= 0.3 is 0 Å². The molecule has 0 bridgehead atoms. The van der Waals surface area contributed by atoms with E-state index in [1.807, 2.05) is 19.1 Å². The van der Waals surface area contributed by atoms with Crippen LogP contribution in [-0.2, 0) is 12.8 Å². The van der Waals surface area contributed by atoms with Crippen molar-refractivity contribution in [2.75, 3.05) is 13.1 Å². The number of aromatic nitrogens is 2. The number of hydrogen-bond donors (Lipinski definition) is 1. The van der Waals surface area contributed by atoms with Crippen LogP contribution in [0.3, 0.4) is 0 Å². The Labute approximate surface area is 127 Å². The molecule has 0 fully saturated rings. The summed E-state index contributed by atoms with van der Waals surface area (Å²) < 4.78 is 5.24. The molecule has 0 spiro atoms. The Bertz CT molecular complexity index is 552. The molecule has 4 heteroatoms. The van der Waals surface area contributed by atoms with E-state index in [0.29, 0.717) is 11.3 Å². The Morgan fingerprint density at radius 2 is 1.86 bits per heavy atom. The Kier molecular flexibility index (Phi) is 5.12. The zero-order valence-corrected chi connectivity index (χ0v) is 13.4. The average Bonchev–Trinajstić information content (AvgIpc) is 2.92. The maximum atomic E-state index is 5.24. The number of nitrogens with zero attached hydrogens (tertiary/aromatic N) is 2. The first-order chi connectivity index (χ1) is 9.98. The van der Waals surface area contributed by atoms with Crippen LogP contribution in [0.2, 0.25) is 0 Å². The summed E-state index contributed by atoms with van der Waals surface area (Å²) in [5, 5.41) is 7.41. The molecule has 0 aliphatic carbocycles. The molecular weight excluding hydrogens is 262 g/mol. The molecule has 0 amide bonds. The number of aryl methyl sites for hydroxylation is 1. The first-order valence-corrected chi connectivity index (χ1v) is 7.60. The van der Waals surface area contributed by atoms with Crippen molar-refractivity contribution >= 4 is 0 Å². The predicted octanol–water partition coefficient (Wildman–Crippen LogP) is 3.48. The standard InChI is InChI=1S/C17H25N3O/c1-5-15-19-16(21-20-15)14-8-6-13(7-9-14)10-11-18-12-17(2,3)4/h6-9,18H,5,10-12H2,1-4H3. The van der Waals surface area contributed by atoms with Gasteiger partial charge in [0.1, 0.15) is 0 Å². The first-order valence-electron chi connectivity index (χ1n) is 7.60. The second kappa shape index (κ2) is 6.85. The topological polar surface area (TPSA) is 51.0 Å². The Balaban J connectivity index is 1.87. The highest BCUT2D eigenvalue weighted by atomic mass is 16.5. The van der Waals surface area contributed by atoms with Crippen LogP contribution in [0, 0.1) is 5.41 Å². The van der Waals surface area contributed by atoms with Crippen molar-refractivity contribution in [3.05, 3.63) is 35.7 Å². The molecule has 2 aromatic rings. The van der Waals surface area contributed by atoms with E-state index in [4.69, 9.17) is 4.52 Å². The highest BCUT2D eigenvalue weighted by molar-refractivity contribution is 5.53. The molecule has 21 heavy (non-hydrogen) atoms. The van der Waals surface area contributed by atoms with Crippen LogP contribution in [0.4, 0.5) is 0 Å². The van der Waals surface area contributed by atoms with E-state index >= 15 is 0 Å². The van der Waals surface area contributed by atoms with E-state index in [1.165, 1.54) is 5.56 Å². The van der Waals surface area contributed by atoms with Crippen molar-refractivity contribution in [2.24, 2.45) is 5.41 Å². The van der Waals surface area contributed by atoms with Gasteiger partial charge in [-0.25, -0.2) is 0 Å². The van der Waals surface area contributed by atoms with E-state index in [-0.39, 0.29) is 0 Å². The Morgan fingerprint density at radius 1 is 1.14 bits per heavy atom. The summed E-state index contributed by atoms with van der Waals surface area (Å²) in [7, 11) is 0. The first kappa shape index (κ1) is 15.7. The second-order valence-electron chi connectivity index (χ2n) is 6.55. The summed E-state index contributed by atoms with van der Waals surface area (Å²) in [6.45, 7) is 10.8. The summed E-state index contributed by atoms with van der Waals surface area (Å²) >= 11 is 0. The predicted molar refractivity (Wildman–Crippen MR) is 85.1 cm³/mol. The van der Waals surface area contributed by atoms with Gasteiger partial charge in [0.25, 0.3) is 5.89 Å². The zero-order valence-electron chi connectivity index (χ0n) is 13.4. The van der Waals surface area contributed by atoms with Gasteiger partial charge in [-0.2, -0.15) is 4.98 Å². The van der Waals surface area contributed by atoms with Gasteiger partial charge in [-0.3, -0.25) is 0 Å². The van der Waals surface area contributed by atoms with Crippen molar-refractivity contribution in [3.63, 3.8) is 0 Å². The molecule has 0 saturated carbocycles. The summed E-state index contributed by atoms with van der Waals surface area (Å²) in [5.74, 6) is 1.35. The third kappa shape index (κ3) is 4.97. The normalized spacial score (nSPS) is 11.8. The van der Waals surface area contributed by atoms with Crippen LogP contribution in [-0.4, -0.2) is 23.2 Å². The van der Waals surface area contributed by atoms with Gasteiger partial charge in [-0.15, -0.1) is 0 Å². The quantitative estimate of drug-likeness (QED) is 0.826. The van der Waals surface area contributed by atoms with Gasteiger partial charge in [0.15, 0.2) is 5.82 Å². The summed E-state index contributed by atoms with van der Waals surface area (Å²) in [6.07, 6.45) is 1.82. The third-order valence-corrected chi connectivity index (χ3v) is 3.23. The average molecular weight is 287 g/mol. The lowest BCUT2D eigenvalue weighted by Crippen LogP contribution is -2.28. The molecule has 1 aromatic carbocycles. The number of hydrogen-bond acceptors (Lipinski definition) is 4. The fraction of sp³-hybridized carbons (Fsp3) is 0.529. The van der Waals surface area contributed by atoms with Gasteiger partial charge in [0, 0.05) is 18.5 Å². The van der Waals surface area contributed by atoms with Gasteiger partial charge in [0.05, 0.1) is 0 Å². The molecule has 1 aromatic heterocycles. The van der Waals surface area contributed by atoms with Crippen molar-refractivity contribution < 1.29 is 4.52 Å². The van der Waals surface area contributed by atoms with Crippen molar-refractivity contribution in [3.8, 4) is 11.5 Å². The number of rotatable bonds is 6. The minimum absolute atomic E-state index is 0.332. The molecule has 0 radical (unpaired) electrons. The summed E-state index contributed by atoms with van der Waals surface area (Å²) in [6, 6.07) is 8.35. The molecule has 0 saturated heterocycles. The molecule has 0 atom stereocenters. The van der Waals surface area contributed by atoms with Gasteiger partial charge in [-0.05, 0) is 36.1 Å². The molecule has 4 nitrogen and oxygen atoms in total. The van der Waals surface area contributed by atoms with Crippen LogP contribution in [0.25, 0.3) is 11.5 Å². The number of nitrogens with one attached hydrogen (secondary N) is 1. The highest BCUT2D eigenvalue weighted by Crippen LogP contribution is 2.18. The van der Waals surface area contributed by atoms with E-state index < -0.39 is 0 Å². The molecule has 0 aliphatic rings. The third-order valence-electron chi connectivity index (χ3n) is 3.23. The molecule has 1 N–H and O–H groups in total. The Morgan fingerprint density at radius 3 is 2.43 bits per heavy atom. The lowest BCUT2D eigenvalue weighted by Gasteiger charge is -2.18. The van der Waals surface area contributed by atoms with Crippen molar-refractivity contribution in [2.45, 2.75) is 40.5 Å². The Hall–Kier alpha value is -1.68. The van der Waals surface area contributed by atoms with Gasteiger partial charge < -0.3 is 9.84 Å². The minimum Gasteiger partial charge on any atom is -0.334 e. The van der Waals surface area contributed by atoms with Crippen LogP contribution < -0.4 is 5.32 Å². The largest absolute Gasteiger partial charge is 0.334 e. The van der Waals surface area contributed by atoms with E-state index in [2.05, 4.69) is 48.4 Å². The van der Waals surface area contributed by atoms with E-state index in [9.17, 15) is 0 Å². The fourth-order valence-corrected chi connectivity index (χ4v) is 2.02. The minimum atomic E-state index is 0.332. The van der Waals surface area contributed by atoms with Crippen LogP contribution in [0.1, 0.15) is 39.1 Å². The van der Waals surface area contributed by atoms with Crippen molar-refractivity contribution in [1.29, 1.82) is 0 Å². The smallest absolute Gasteiger partial charge is 0.257 e. The molecule has 1 heterocycles. The molecule has 0 unspecified atom stereocenters. The maximum Gasteiger partial charge on any atom is 0.257 e. The zero-order chi connectivity index (χ0) is 15.3. The van der Waals surface area contributed by atoms with Crippen molar-refractivity contribution in [1.82, 2.24) is 15.5 Å². The summed E-state index contributed by atoms with van der Waals surface area (Å²) in [5.41, 5.74) is 2.63.